The number of carboxylic acids is 6. The second kappa shape index (κ2) is 23.6. The second-order valence-corrected chi connectivity index (χ2v) is 3.86. The van der Waals surface area contributed by atoms with Gasteiger partial charge in [0, 0.05) is 52.4 Å². The summed E-state index contributed by atoms with van der Waals surface area (Å²) in [5, 5.41) is 47.4. The molecule has 0 spiro atoms. The third-order valence-electron chi connectivity index (χ3n) is 1.66. The number of rotatable bonds is 9. The summed E-state index contributed by atoms with van der Waals surface area (Å²) in [6.45, 7) is 0. The third kappa shape index (κ3) is 57.0. The van der Waals surface area contributed by atoms with E-state index in [1.165, 1.54) is 0 Å². The van der Waals surface area contributed by atoms with Gasteiger partial charge < -0.3 is 30.6 Å². The van der Waals surface area contributed by atoms with Crippen molar-refractivity contribution < 1.29 is 59.4 Å². The molecule has 0 atom stereocenters. The van der Waals surface area contributed by atoms with Crippen molar-refractivity contribution >= 4 is 88.2 Å². The Morgan fingerprint density at radius 1 is 0.346 bits per heavy atom. The maximum atomic E-state index is 9.64. The molecule has 0 unspecified atom stereocenters. The van der Waals surface area contributed by atoms with Gasteiger partial charge in [0.15, 0.2) is 0 Å². The summed E-state index contributed by atoms with van der Waals surface area (Å²) in [6, 6.07) is 0. The summed E-state index contributed by atoms with van der Waals surface area (Å²) in [4.78, 5) is 57.8. The summed E-state index contributed by atoms with van der Waals surface area (Å²) in [5.41, 5.74) is 0. The van der Waals surface area contributed by atoms with E-state index in [4.69, 9.17) is 30.6 Å². The molecule has 0 rings (SSSR count). The van der Waals surface area contributed by atoms with Crippen LogP contribution in [0.1, 0.15) is 38.5 Å². The van der Waals surface area contributed by atoms with E-state index in [9.17, 15) is 28.8 Å². The van der Waals surface area contributed by atoms with Crippen molar-refractivity contribution in [3.05, 3.63) is 0 Å². The zero-order valence-corrected chi connectivity index (χ0v) is 20.2. The van der Waals surface area contributed by atoms with Gasteiger partial charge in [0.1, 0.15) is 0 Å². The standard InChI is InChI=1S/3C4H6O4.2Bi/c3*5-3(6)1-2-4(7)8;;/h3*1-2H2,(H,5,6)(H,7,8);;. The van der Waals surface area contributed by atoms with Gasteiger partial charge in [-0.2, -0.15) is 0 Å². The molecular formula is C12H18Bi2O12. The average Bonchev–Trinajstić information content (AvgIpc) is 2.42. The molecule has 0 bridgehead atoms. The van der Waals surface area contributed by atoms with Crippen LogP contribution in [0.25, 0.3) is 0 Å². The molecule has 0 amide bonds. The van der Waals surface area contributed by atoms with Gasteiger partial charge in [0.05, 0.1) is 38.5 Å². The van der Waals surface area contributed by atoms with Crippen molar-refractivity contribution in [3.8, 4) is 0 Å². The molecule has 6 radical (unpaired) electrons. The van der Waals surface area contributed by atoms with Gasteiger partial charge in [-0.15, -0.1) is 0 Å². The summed E-state index contributed by atoms with van der Waals surface area (Å²) in [7, 11) is 0. The normalized spacial score (nSPS) is 7.85. The van der Waals surface area contributed by atoms with Crippen LogP contribution in [0.4, 0.5) is 0 Å². The molecule has 0 aliphatic rings. The van der Waals surface area contributed by atoms with Crippen molar-refractivity contribution in [2.75, 3.05) is 0 Å². The maximum absolute atomic E-state index is 9.64. The monoisotopic (exact) mass is 772 g/mol. The van der Waals surface area contributed by atoms with E-state index in [1.807, 2.05) is 0 Å². The number of aliphatic carboxylic acids is 6. The van der Waals surface area contributed by atoms with E-state index >= 15 is 0 Å². The van der Waals surface area contributed by atoms with Crippen LogP contribution < -0.4 is 0 Å². The number of hydrogen-bond acceptors (Lipinski definition) is 6. The van der Waals surface area contributed by atoms with Gasteiger partial charge in [-0.3, -0.25) is 28.8 Å². The Hall–Kier alpha value is -1.41. The molecule has 14 heteroatoms. The van der Waals surface area contributed by atoms with E-state index in [-0.39, 0.29) is 90.9 Å². The Labute approximate surface area is 185 Å². The average molecular weight is 772 g/mol. The Balaban J connectivity index is -0.0000000817. The first-order valence-electron chi connectivity index (χ1n) is 6.19. The summed E-state index contributed by atoms with van der Waals surface area (Å²) in [5.74, 6) is -6.46. The first kappa shape index (κ1) is 35.7. The van der Waals surface area contributed by atoms with Gasteiger partial charge in [-0.25, -0.2) is 0 Å². The van der Waals surface area contributed by atoms with E-state index in [1.54, 1.807) is 0 Å². The zero-order chi connectivity index (χ0) is 19.7. The van der Waals surface area contributed by atoms with Gasteiger partial charge in [0.25, 0.3) is 0 Å². The Morgan fingerprint density at radius 3 is 0.462 bits per heavy atom. The summed E-state index contributed by atoms with van der Waals surface area (Å²) >= 11 is 0. The molecule has 0 saturated carbocycles. The fourth-order valence-corrected chi connectivity index (χ4v) is 0.642. The molecule has 6 N–H and O–H groups in total. The molecule has 0 aromatic heterocycles. The van der Waals surface area contributed by atoms with E-state index in [0.29, 0.717) is 0 Å². The first-order valence-corrected chi connectivity index (χ1v) is 6.19. The molecular weight excluding hydrogens is 754 g/mol. The van der Waals surface area contributed by atoms with Crippen LogP contribution in [-0.2, 0) is 28.8 Å². The largest absolute Gasteiger partial charge is 0.481 e. The minimum Gasteiger partial charge on any atom is -0.481 e. The molecule has 0 aliphatic carbocycles. The minimum absolute atomic E-state index is 0. The molecule has 0 heterocycles. The minimum atomic E-state index is -1.08. The molecule has 0 aromatic carbocycles. The third-order valence-corrected chi connectivity index (χ3v) is 1.66. The van der Waals surface area contributed by atoms with Crippen molar-refractivity contribution in [1.29, 1.82) is 0 Å². The van der Waals surface area contributed by atoms with Gasteiger partial charge in [-0.05, 0) is 0 Å². The SMILES string of the molecule is O=C(O)CCC(=O)O.O=C(O)CCC(=O)O.O=C(O)CCC(=O)O.[Bi].[Bi]. The van der Waals surface area contributed by atoms with Crippen LogP contribution in [0.3, 0.4) is 0 Å². The topological polar surface area (TPSA) is 224 Å². The summed E-state index contributed by atoms with van der Waals surface area (Å²) in [6.07, 6.45) is -1.78. The van der Waals surface area contributed by atoms with Gasteiger partial charge >= 0.3 is 35.8 Å². The molecule has 0 saturated heterocycles. The van der Waals surface area contributed by atoms with E-state index in [0.717, 1.165) is 0 Å². The molecule has 148 valence electrons. The zero-order valence-electron chi connectivity index (χ0n) is 13.3. The van der Waals surface area contributed by atoms with E-state index in [2.05, 4.69) is 0 Å². The van der Waals surface area contributed by atoms with Crippen molar-refractivity contribution in [1.82, 2.24) is 0 Å². The number of carboxylic acid groups (broad SMARTS) is 6. The predicted octanol–water partition coefficient (Wildman–Crippen LogP) is -0.954. The van der Waals surface area contributed by atoms with Gasteiger partial charge in [-0.1, -0.05) is 0 Å². The van der Waals surface area contributed by atoms with Crippen LogP contribution >= 0.6 is 0 Å². The van der Waals surface area contributed by atoms with Gasteiger partial charge in [0.2, 0.25) is 0 Å². The Bertz CT molecular complexity index is 355. The van der Waals surface area contributed by atoms with Crippen LogP contribution in [0, 0.1) is 0 Å². The molecule has 0 aromatic rings. The smallest absolute Gasteiger partial charge is 0.303 e. The van der Waals surface area contributed by atoms with Crippen molar-refractivity contribution in [2.24, 2.45) is 0 Å². The maximum Gasteiger partial charge on any atom is 0.303 e. The Kier molecular flexibility index (Phi) is 32.3. The van der Waals surface area contributed by atoms with Crippen LogP contribution in [-0.4, -0.2) is 119 Å². The fourth-order valence-electron chi connectivity index (χ4n) is 0.642. The van der Waals surface area contributed by atoms with E-state index < -0.39 is 35.8 Å². The first-order chi connectivity index (χ1) is 10.9. The molecule has 0 aliphatic heterocycles. The van der Waals surface area contributed by atoms with Crippen LogP contribution in [0.2, 0.25) is 0 Å². The predicted molar refractivity (Wildman–Crippen MR) is 85.0 cm³/mol. The molecule has 12 nitrogen and oxygen atoms in total. The fraction of sp³-hybridized carbons (Fsp3) is 0.500. The summed E-state index contributed by atoms with van der Waals surface area (Å²) < 4.78 is 0. The second-order valence-electron chi connectivity index (χ2n) is 3.86. The Morgan fingerprint density at radius 2 is 0.423 bits per heavy atom. The molecule has 26 heavy (non-hydrogen) atoms. The number of hydrogen-bond donors (Lipinski definition) is 6. The molecule has 0 fully saturated rings. The van der Waals surface area contributed by atoms with Crippen LogP contribution in [0.15, 0.2) is 0 Å². The van der Waals surface area contributed by atoms with Crippen LogP contribution in [0.5, 0.6) is 0 Å². The number of carbonyl (C=O) groups is 6. The van der Waals surface area contributed by atoms with Crippen molar-refractivity contribution in [3.63, 3.8) is 0 Å². The van der Waals surface area contributed by atoms with Crippen molar-refractivity contribution in [2.45, 2.75) is 38.5 Å². The quantitative estimate of drug-likeness (QED) is 0.156.